The lowest BCUT2D eigenvalue weighted by atomic mass is 10.1. The molecule has 0 spiro atoms. The molecule has 0 saturated carbocycles. The number of fused-ring (bicyclic) bond motifs is 1. The highest BCUT2D eigenvalue weighted by molar-refractivity contribution is 5.65. The number of hydrogen-bond donors (Lipinski definition) is 1. The summed E-state index contributed by atoms with van der Waals surface area (Å²) in [7, 11) is 0. The van der Waals surface area contributed by atoms with Crippen LogP contribution in [-0.2, 0) is 6.54 Å². The van der Waals surface area contributed by atoms with Gasteiger partial charge in [-0.1, -0.05) is 6.07 Å². The summed E-state index contributed by atoms with van der Waals surface area (Å²) in [5.41, 5.74) is 2.86. The molecule has 5 nitrogen and oxygen atoms in total. The van der Waals surface area contributed by atoms with Gasteiger partial charge in [-0.25, -0.2) is 0 Å². The first-order valence-electron chi connectivity index (χ1n) is 7.79. The second kappa shape index (κ2) is 6.49. The minimum Gasteiger partial charge on any atom is -0.392 e. The molecule has 0 unspecified atom stereocenters. The summed E-state index contributed by atoms with van der Waals surface area (Å²) in [4.78, 5) is 4.68. The second-order valence-electron chi connectivity index (χ2n) is 6.06. The molecule has 1 N–H and O–H groups in total. The number of hydrogen-bond acceptors (Lipinski definition) is 4. The van der Waals surface area contributed by atoms with E-state index >= 15 is 0 Å². The molecule has 1 saturated heterocycles. The molecular formula is C17H22N4O. The fraction of sp³-hybridized carbons (Fsp3) is 0.471. The molecule has 1 aliphatic rings. The van der Waals surface area contributed by atoms with E-state index in [0.717, 1.165) is 55.9 Å². The molecule has 0 amide bonds. The lowest BCUT2D eigenvalue weighted by Crippen LogP contribution is -2.47. The molecule has 3 heterocycles. The van der Waals surface area contributed by atoms with Crippen molar-refractivity contribution in [1.82, 2.24) is 14.2 Å². The van der Waals surface area contributed by atoms with Gasteiger partial charge in [0.15, 0.2) is 0 Å². The summed E-state index contributed by atoms with van der Waals surface area (Å²) < 4.78 is 2.03. The first kappa shape index (κ1) is 15.0. The van der Waals surface area contributed by atoms with Crippen LogP contribution in [0.1, 0.15) is 18.1 Å². The van der Waals surface area contributed by atoms with Crippen molar-refractivity contribution in [2.75, 3.05) is 32.7 Å². The highest BCUT2D eigenvalue weighted by Gasteiger charge is 2.20. The van der Waals surface area contributed by atoms with Crippen molar-refractivity contribution in [3.8, 4) is 6.07 Å². The minimum atomic E-state index is -0.270. The third-order valence-corrected chi connectivity index (χ3v) is 4.26. The monoisotopic (exact) mass is 298 g/mol. The van der Waals surface area contributed by atoms with Crippen LogP contribution in [0, 0.1) is 11.3 Å². The molecule has 1 atom stereocenters. The molecular weight excluding hydrogens is 276 g/mol. The number of pyridine rings is 1. The summed E-state index contributed by atoms with van der Waals surface area (Å²) in [5, 5.41) is 18.9. The van der Waals surface area contributed by atoms with Crippen LogP contribution in [0.15, 0.2) is 30.6 Å². The molecule has 2 aromatic rings. The second-order valence-corrected chi connectivity index (χ2v) is 6.06. The molecule has 1 aliphatic heterocycles. The Hall–Kier alpha value is -1.87. The van der Waals surface area contributed by atoms with Gasteiger partial charge in [-0.3, -0.25) is 9.80 Å². The van der Waals surface area contributed by atoms with Gasteiger partial charge in [0.25, 0.3) is 0 Å². The Morgan fingerprint density at radius 1 is 1.23 bits per heavy atom. The molecule has 0 bridgehead atoms. The van der Waals surface area contributed by atoms with E-state index in [1.807, 2.05) is 35.7 Å². The Morgan fingerprint density at radius 3 is 2.64 bits per heavy atom. The van der Waals surface area contributed by atoms with E-state index in [-0.39, 0.29) is 6.10 Å². The van der Waals surface area contributed by atoms with Crippen molar-refractivity contribution in [3.63, 3.8) is 0 Å². The summed E-state index contributed by atoms with van der Waals surface area (Å²) in [6.07, 6.45) is 3.78. The number of nitrogens with zero attached hydrogens (tertiary/aromatic N) is 4. The SMILES string of the molecule is C[C@@H](O)CN1CCN(Cc2cn3ccccc3c2C#N)CC1. The van der Waals surface area contributed by atoms with Crippen LogP contribution >= 0.6 is 0 Å². The molecule has 0 aliphatic carbocycles. The fourth-order valence-corrected chi connectivity index (χ4v) is 3.17. The highest BCUT2D eigenvalue weighted by atomic mass is 16.3. The summed E-state index contributed by atoms with van der Waals surface area (Å²) in [5.74, 6) is 0. The van der Waals surface area contributed by atoms with Crippen molar-refractivity contribution in [3.05, 3.63) is 41.7 Å². The third-order valence-electron chi connectivity index (χ3n) is 4.26. The predicted molar refractivity (Wildman–Crippen MR) is 85.5 cm³/mol. The van der Waals surface area contributed by atoms with Gasteiger partial charge in [0, 0.05) is 57.2 Å². The number of aliphatic hydroxyl groups is 1. The van der Waals surface area contributed by atoms with Crippen molar-refractivity contribution in [1.29, 1.82) is 5.26 Å². The molecule has 0 radical (unpaired) electrons. The number of nitriles is 1. The van der Waals surface area contributed by atoms with Gasteiger partial charge in [-0.15, -0.1) is 0 Å². The van der Waals surface area contributed by atoms with Crippen LogP contribution in [0.2, 0.25) is 0 Å². The Labute approximate surface area is 131 Å². The lowest BCUT2D eigenvalue weighted by Gasteiger charge is -2.35. The van der Waals surface area contributed by atoms with E-state index in [1.165, 1.54) is 0 Å². The Balaban J connectivity index is 1.69. The smallest absolute Gasteiger partial charge is 0.102 e. The number of β-amino-alcohol motifs (C(OH)–C–C–N with tert-alkyl or cyclic N) is 1. The maximum absolute atomic E-state index is 9.46. The van der Waals surface area contributed by atoms with Crippen molar-refractivity contribution in [2.45, 2.75) is 19.6 Å². The van der Waals surface area contributed by atoms with E-state index in [2.05, 4.69) is 22.1 Å². The van der Waals surface area contributed by atoms with Crippen molar-refractivity contribution >= 4 is 5.52 Å². The maximum Gasteiger partial charge on any atom is 0.102 e. The normalized spacial score (nSPS) is 18.4. The van der Waals surface area contributed by atoms with Gasteiger partial charge in [0.1, 0.15) is 6.07 Å². The van der Waals surface area contributed by atoms with E-state index in [4.69, 9.17) is 0 Å². The maximum atomic E-state index is 9.46. The van der Waals surface area contributed by atoms with Crippen LogP contribution in [0.4, 0.5) is 0 Å². The standard InChI is InChI=1S/C17H22N4O/c1-14(22)11-19-6-8-20(9-7-19)12-15-13-21-5-3-2-4-17(21)16(15)10-18/h2-5,13-14,22H,6-9,11-12H2,1H3/t14-/m1/s1. The number of piperazine rings is 1. The van der Waals surface area contributed by atoms with Gasteiger partial charge in [0.05, 0.1) is 17.2 Å². The van der Waals surface area contributed by atoms with Gasteiger partial charge in [0.2, 0.25) is 0 Å². The molecule has 116 valence electrons. The van der Waals surface area contributed by atoms with Gasteiger partial charge < -0.3 is 9.51 Å². The molecule has 1 fully saturated rings. The minimum absolute atomic E-state index is 0.270. The zero-order chi connectivity index (χ0) is 15.5. The topological polar surface area (TPSA) is 54.9 Å². The zero-order valence-electron chi connectivity index (χ0n) is 12.9. The van der Waals surface area contributed by atoms with Crippen LogP contribution in [0.25, 0.3) is 5.52 Å². The predicted octanol–water partition coefficient (Wildman–Crippen LogP) is 1.31. The molecule has 2 aromatic heterocycles. The molecule has 22 heavy (non-hydrogen) atoms. The Bertz CT molecular complexity index is 678. The first-order chi connectivity index (χ1) is 10.7. The van der Waals surface area contributed by atoms with E-state index in [9.17, 15) is 10.4 Å². The zero-order valence-corrected chi connectivity index (χ0v) is 12.9. The summed E-state index contributed by atoms with van der Waals surface area (Å²) >= 11 is 0. The van der Waals surface area contributed by atoms with Gasteiger partial charge in [-0.05, 0) is 19.1 Å². The third kappa shape index (κ3) is 3.14. The lowest BCUT2D eigenvalue weighted by molar-refractivity contribution is 0.0781. The average molecular weight is 298 g/mol. The average Bonchev–Trinajstić information content (AvgIpc) is 2.85. The molecule has 0 aromatic carbocycles. The van der Waals surface area contributed by atoms with Crippen LogP contribution in [0.3, 0.4) is 0 Å². The number of aliphatic hydroxyl groups excluding tert-OH is 1. The van der Waals surface area contributed by atoms with Crippen LogP contribution < -0.4 is 0 Å². The van der Waals surface area contributed by atoms with Crippen LogP contribution in [-0.4, -0.2) is 58.1 Å². The quantitative estimate of drug-likeness (QED) is 0.924. The molecule has 3 rings (SSSR count). The highest BCUT2D eigenvalue weighted by Crippen LogP contribution is 2.20. The van der Waals surface area contributed by atoms with Crippen LogP contribution in [0.5, 0.6) is 0 Å². The number of aromatic nitrogens is 1. The summed E-state index contributed by atoms with van der Waals surface area (Å²) in [6, 6.07) is 8.29. The van der Waals surface area contributed by atoms with E-state index in [1.54, 1.807) is 0 Å². The Kier molecular flexibility index (Phi) is 4.44. The van der Waals surface area contributed by atoms with Crippen molar-refractivity contribution in [2.24, 2.45) is 0 Å². The van der Waals surface area contributed by atoms with Crippen molar-refractivity contribution < 1.29 is 5.11 Å². The largest absolute Gasteiger partial charge is 0.392 e. The summed E-state index contributed by atoms with van der Waals surface area (Å²) in [6.45, 7) is 7.28. The van der Waals surface area contributed by atoms with Gasteiger partial charge in [-0.2, -0.15) is 5.26 Å². The number of rotatable bonds is 4. The van der Waals surface area contributed by atoms with Gasteiger partial charge >= 0.3 is 0 Å². The Morgan fingerprint density at radius 2 is 1.95 bits per heavy atom. The first-order valence-corrected chi connectivity index (χ1v) is 7.79. The van der Waals surface area contributed by atoms with E-state index < -0.39 is 0 Å². The fourth-order valence-electron chi connectivity index (χ4n) is 3.17. The van der Waals surface area contributed by atoms with E-state index in [0.29, 0.717) is 0 Å². The molecule has 5 heteroatoms.